The Kier molecular flexibility index (Phi) is 4.57. The van der Waals surface area contributed by atoms with Crippen molar-refractivity contribution < 1.29 is 0 Å². The van der Waals surface area contributed by atoms with Gasteiger partial charge in [0.1, 0.15) is 6.33 Å². The first-order valence-electron chi connectivity index (χ1n) is 3.87. The first-order chi connectivity index (χ1) is 6.20. The lowest BCUT2D eigenvalue weighted by Crippen LogP contribution is -2.01. The molecule has 8 heteroatoms. The van der Waals surface area contributed by atoms with Gasteiger partial charge in [0.05, 0.1) is 17.1 Å². The van der Waals surface area contributed by atoms with Gasteiger partial charge < -0.3 is 5.73 Å². The van der Waals surface area contributed by atoms with E-state index in [-0.39, 0.29) is 24.8 Å². The van der Waals surface area contributed by atoms with Crippen molar-refractivity contribution in [2.45, 2.75) is 13.8 Å². The van der Waals surface area contributed by atoms with Gasteiger partial charge in [-0.05, 0) is 13.8 Å². The lowest BCUT2D eigenvalue weighted by Gasteiger charge is -1.96. The van der Waals surface area contributed by atoms with Crippen LogP contribution in [0, 0.1) is 13.8 Å². The summed E-state index contributed by atoms with van der Waals surface area (Å²) in [6, 6.07) is 0. The molecule has 0 atom stereocenters. The summed E-state index contributed by atoms with van der Waals surface area (Å²) < 4.78 is 1.64. The molecule has 0 unspecified atom stereocenters. The number of halogens is 2. The molecule has 0 radical (unpaired) electrons. The highest BCUT2D eigenvalue weighted by atomic mass is 35.5. The Morgan fingerprint density at radius 1 is 1.33 bits per heavy atom. The minimum Gasteiger partial charge on any atom is -0.396 e. The first-order valence-corrected chi connectivity index (χ1v) is 3.87. The number of nitrogen functional groups attached to an aromatic ring is 1. The highest BCUT2D eigenvalue weighted by Crippen LogP contribution is 2.16. The topological polar surface area (TPSA) is 85.4 Å². The van der Waals surface area contributed by atoms with Gasteiger partial charge in [0, 0.05) is 0 Å². The average molecular weight is 251 g/mol. The van der Waals surface area contributed by atoms with E-state index in [1.807, 2.05) is 13.8 Å². The van der Waals surface area contributed by atoms with Crippen LogP contribution in [0.25, 0.3) is 5.95 Å². The lowest BCUT2D eigenvalue weighted by atomic mass is 10.3. The number of nitrogens with one attached hydrogen (secondary N) is 1. The first kappa shape index (κ1) is 13.7. The van der Waals surface area contributed by atoms with Crippen LogP contribution in [0.3, 0.4) is 0 Å². The fraction of sp³-hybridized carbons (Fsp3) is 0.286. The van der Waals surface area contributed by atoms with Gasteiger partial charge in [0.2, 0.25) is 5.95 Å². The second-order valence-electron chi connectivity index (χ2n) is 2.81. The molecule has 0 fully saturated rings. The fourth-order valence-electron chi connectivity index (χ4n) is 1.16. The summed E-state index contributed by atoms with van der Waals surface area (Å²) in [5.74, 6) is 0.581. The van der Waals surface area contributed by atoms with Crippen molar-refractivity contribution >= 4 is 30.5 Å². The number of H-pyrrole nitrogens is 1. The summed E-state index contributed by atoms with van der Waals surface area (Å²) in [4.78, 5) is 3.98. The summed E-state index contributed by atoms with van der Waals surface area (Å²) in [5, 5.41) is 10.7. The Hall–Kier alpha value is -1.27. The molecule has 0 aliphatic rings. The SMILES string of the molecule is Cc1nn(-c2ncn[nH]2)c(C)c1N.Cl.Cl. The van der Waals surface area contributed by atoms with E-state index in [0.29, 0.717) is 11.6 Å². The van der Waals surface area contributed by atoms with E-state index in [9.17, 15) is 0 Å². The van der Waals surface area contributed by atoms with E-state index in [4.69, 9.17) is 5.73 Å². The van der Waals surface area contributed by atoms with Crippen LogP contribution < -0.4 is 5.73 Å². The van der Waals surface area contributed by atoms with Gasteiger partial charge in [-0.2, -0.15) is 15.2 Å². The second-order valence-corrected chi connectivity index (χ2v) is 2.81. The molecule has 0 bridgehead atoms. The van der Waals surface area contributed by atoms with Crippen molar-refractivity contribution in [1.82, 2.24) is 25.0 Å². The highest BCUT2D eigenvalue weighted by Gasteiger charge is 2.10. The van der Waals surface area contributed by atoms with Gasteiger partial charge in [0.15, 0.2) is 0 Å². The molecule has 0 amide bonds. The second kappa shape index (κ2) is 4.99. The van der Waals surface area contributed by atoms with Crippen molar-refractivity contribution in [1.29, 1.82) is 0 Å². The summed E-state index contributed by atoms with van der Waals surface area (Å²) in [7, 11) is 0. The lowest BCUT2D eigenvalue weighted by molar-refractivity contribution is 0.778. The highest BCUT2D eigenvalue weighted by molar-refractivity contribution is 5.85. The molecule has 15 heavy (non-hydrogen) atoms. The summed E-state index contributed by atoms with van der Waals surface area (Å²) in [6.07, 6.45) is 1.43. The van der Waals surface area contributed by atoms with Crippen LogP contribution in [-0.2, 0) is 0 Å². The molecule has 0 aliphatic carbocycles. The van der Waals surface area contributed by atoms with E-state index in [1.54, 1.807) is 4.68 Å². The van der Waals surface area contributed by atoms with E-state index < -0.39 is 0 Å². The fourth-order valence-corrected chi connectivity index (χ4v) is 1.16. The number of nitrogens with two attached hydrogens (primary N) is 1. The van der Waals surface area contributed by atoms with Crippen molar-refractivity contribution in [3.63, 3.8) is 0 Å². The molecular weight excluding hydrogens is 239 g/mol. The van der Waals surface area contributed by atoms with Crippen molar-refractivity contribution in [3.8, 4) is 5.95 Å². The maximum atomic E-state index is 5.76. The van der Waals surface area contributed by atoms with Crippen LogP contribution in [0.2, 0.25) is 0 Å². The number of hydrogen-bond acceptors (Lipinski definition) is 4. The van der Waals surface area contributed by atoms with Crippen molar-refractivity contribution in [3.05, 3.63) is 17.7 Å². The molecule has 0 aromatic carbocycles. The zero-order valence-corrected chi connectivity index (χ0v) is 9.89. The molecule has 84 valence electrons. The van der Waals surface area contributed by atoms with Crippen LogP contribution in [-0.4, -0.2) is 25.0 Å². The molecular formula is C7H12Cl2N6. The Labute approximate surface area is 99.1 Å². The van der Waals surface area contributed by atoms with Gasteiger partial charge in [0.25, 0.3) is 0 Å². The van der Waals surface area contributed by atoms with Gasteiger partial charge >= 0.3 is 0 Å². The molecule has 2 aromatic rings. The predicted octanol–water partition coefficient (Wildman–Crippen LogP) is 1.03. The van der Waals surface area contributed by atoms with Gasteiger partial charge in [-0.3, -0.25) is 0 Å². The van der Waals surface area contributed by atoms with Crippen LogP contribution in [0.1, 0.15) is 11.4 Å². The molecule has 0 saturated carbocycles. The van der Waals surface area contributed by atoms with E-state index >= 15 is 0 Å². The van der Waals surface area contributed by atoms with Gasteiger partial charge in [-0.25, -0.2) is 9.78 Å². The van der Waals surface area contributed by atoms with Crippen molar-refractivity contribution in [2.75, 3.05) is 5.73 Å². The number of aromatic nitrogens is 5. The number of hydrogen-bond donors (Lipinski definition) is 2. The number of aryl methyl sites for hydroxylation is 1. The zero-order chi connectivity index (χ0) is 9.42. The molecule has 2 aromatic heterocycles. The van der Waals surface area contributed by atoms with Crippen LogP contribution >= 0.6 is 24.8 Å². The van der Waals surface area contributed by atoms with Crippen LogP contribution in [0.5, 0.6) is 0 Å². The molecule has 2 heterocycles. The summed E-state index contributed by atoms with van der Waals surface area (Å²) in [5.41, 5.74) is 8.12. The van der Waals surface area contributed by atoms with Gasteiger partial charge in [-0.15, -0.1) is 24.8 Å². The molecule has 2 rings (SSSR count). The number of anilines is 1. The smallest absolute Gasteiger partial charge is 0.246 e. The summed E-state index contributed by atoms with van der Waals surface area (Å²) >= 11 is 0. The Balaban J connectivity index is 0.000000980. The maximum absolute atomic E-state index is 5.76. The third-order valence-electron chi connectivity index (χ3n) is 1.95. The Bertz CT molecular complexity index is 421. The van der Waals surface area contributed by atoms with Crippen LogP contribution in [0.4, 0.5) is 5.69 Å². The molecule has 0 spiro atoms. The number of rotatable bonds is 1. The Morgan fingerprint density at radius 3 is 2.40 bits per heavy atom. The van der Waals surface area contributed by atoms with E-state index in [0.717, 1.165) is 11.4 Å². The third-order valence-corrected chi connectivity index (χ3v) is 1.95. The molecule has 6 nitrogen and oxygen atoms in total. The molecule has 0 aliphatic heterocycles. The van der Waals surface area contributed by atoms with E-state index in [1.165, 1.54) is 6.33 Å². The normalized spacial score (nSPS) is 9.20. The largest absolute Gasteiger partial charge is 0.396 e. The van der Waals surface area contributed by atoms with E-state index in [2.05, 4.69) is 20.3 Å². The zero-order valence-electron chi connectivity index (χ0n) is 8.26. The maximum Gasteiger partial charge on any atom is 0.246 e. The molecule has 0 saturated heterocycles. The number of aromatic amines is 1. The standard InChI is InChI=1S/C7H10N6.2ClH/c1-4-6(8)5(2)13(12-4)7-9-3-10-11-7;;/h3H,8H2,1-2H3,(H,9,10,11);2*1H. The monoisotopic (exact) mass is 250 g/mol. The minimum absolute atomic E-state index is 0. The van der Waals surface area contributed by atoms with Crippen LogP contribution in [0.15, 0.2) is 6.33 Å². The van der Waals surface area contributed by atoms with Crippen molar-refractivity contribution in [2.24, 2.45) is 0 Å². The minimum atomic E-state index is 0. The Morgan fingerprint density at radius 2 is 2.00 bits per heavy atom. The summed E-state index contributed by atoms with van der Waals surface area (Å²) in [6.45, 7) is 3.74. The average Bonchev–Trinajstić information content (AvgIpc) is 2.70. The van der Waals surface area contributed by atoms with Gasteiger partial charge in [-0.1, -0.05) is 0 Å². The number of nitrogens with zero attached hydrogens (tertiary/aromatic N) is 4. The quantitative estimate of drug-likeness (QED) is 0.792. The third kappa shape index (κ3) is 2.21. The predicted molar refractivity (Wildman–Crippen MR) is 61.9 cm³/mol. The molecule has 3 N–H and O–H groups in total.